The first kappa shape index (κ1) is 23.2. The average molecular weight is 442 g/mol. The summed E-state index contributed by atoms with van der Waals surface area (Å²) in [5.41, 5.74) is 12.2. The zero-order chi connectivity index (χ0) is 23.1. The lowest BCUT2D eigenvalue weighted by atomic mass is 9.85. The molecule has 0 bridgehead atoms. The molecule has 5 N–H and O–H groups in total. The molecule has 0 aliphatic carbocycles. The van der Waals surface area contributed by atoms with Gasteiger partial charge in [0.05, 0.1) is 16.9 Å². The van der Waals surface area contributed by atoms with E-state index in [0.717, 1.165) is 31.4 Å². The Labute approximate surface area is 185 Å². The van der Waals surface area contributed by atoms with Crippen molar-refractivity contribution in [2.75, 3.05) is 13.1 Å². The molecule has 3 heterocycles. The molecule has 0 radical (unpaired) electrons. The monoisotopic (exact) mass is 441 g/mol. The van der Waals surface area contributed by atoms with Gasteiger partial charge in [0.25, 0.3) is 0 Å². The van der Waals surface area contributed by atoms with Gasteiger partial charge in [0.15, 0.2) is 0 Å². The second-order valence-electron chi connectivity index (χ2n) is 7.92. The lowest BCUT2D eigenvalue weighted by Gasteiger charge is -2.38. The lowest BCUT2D eigenvalue weighted by molar-refractivity contribution is -0.118. The van der Waals surface area contributed by atoms with Crippen LogP contribution in [0.25, 0.3) is 0 Å². The molecule has 1 amide bonds. The number of carbonyl (C=O) groups excluding carboxylic acids is 1. The molecule has 32 heavy (non-hydrogen) atoms. The van der Waals surface area contributed by atoms with Gasteiger partial charge in [-0.05, 0) is 31.2 Å². The van der Waals surface area contributed by atoms with Gasteiger partial charge in [0.1, 0.15) is 11.8 Å². The molecule has 1 aliphatic rings. The Morgan fingerprint density at radius 2 is 2.12 bits per heavy atom. The van der Waals surface area contributed by atoms with E-state index in [1.807, 2.05) is 19.3 Å². The Balaban J connectivity index is 1.72. The molecule has 1 aliphatic heterocycles. The quantitative estimate of drug-likeness (QED) is 0.303. The number of carbonyl (C=O) groups is 1. The fourth-order valence-electron chi connectivity index (χ4n) is 3.69. The number of piperidine rings is 1. The molecule has 1 atom stereocenters. The Morgan fingerprint density at radius 1 is 1.38 bits per heavy atom. The van der Waals surface area contributed by atoms with E-state index in [-0.39, 0.29) is 11.5 Å². The molecular weight excluding hydrogens is 413 g/mol. The number of nitrogens with one attached hydrogen (secondary N) is 1. The molecule has 10 nitrogen and oxygen atoms in total. The number of nitrogens with two attached hydrogens (primary N) is 2. The van der Waals surface area contributed by atoms with Crippen LogP contribution in [0.3, 0.4) is 0 Å². The Bertz CT molecular complexity index is 1010. The van der Waals surface area contributed by atoms with E-state index in [0.29, 0.717) is 19.3 Å². The van der Waals surface area contributed by atoms with Gasteiger partial charge in [-0.25, -0.2) is 9.98 Å². The van der Waals surface area contributed by atoms with Gasteiger partial charge in [0.2, 0.25) is 11.9 Å². The molecule has 1 fully saturated rings. The van der Waals surface area contributed by atoms with Crippen LogP contribution in [0.1, 0.15) is 25.0 Å². The molecule has 0 aromatic carbocycles. The summed E-state index contributed by atoms with van der Waals surface area (Å²) >= 11 is 0. The summed E-state index contributed by atoms with van der Waals surface area (Å²) in [6.07, 6.45) is 7.79. The first-order valence-corrected chi connectivity index (χ1v) is 10.3. The lowest BCUT2D eigenvalue weighted by Crippen LogP contribution is -2.44. The maximum atomic E-state index is 13.3. The Hall–Kier alpha value is -3.47. The first-order chi connectivity index (χ1) is 15.3. The topological polar surface area (TPSA) is 152 Å². The second-order valence-corrected chi connectivity index (χ2v) is 7.92. The van der Waals surface area contributed by atoms with E-state index < -0.39 is 23.3 Å². The zero-order valence-electron chi connectivity index (χ0n) is 18.0. The number of likely N-dealkylation sites (tertiary alicyclic amines) is 1. The molecule has 2 aromatic heterocycles. The van der Waals surface area contributed by atoms with Crippen molar-refractivity contribution in [2.24, 2.45) is 34.4 Å². The number of halogens is 1. The third-order valence-electron chi connectivity index (χ3n) is 5.51. The summed E-state index contributed by atoms with van der Waals surface area (Å²) in [7, 11) is 1.89. The van der Waals surface area contributed by atoms with Gasteiger partial charge >= 0.3 is 0 Å². The van der Waals surface area contributed by atoms with Crippen molar-refractivity contribution in [1.29, 1.82) is 5.41 Å². The van der Waals surface area contributed by atoms with E-state index in [1.165, 1.54) is 24.7 Å². The number of nitrogens with zero attached hydrogens (tertiary/aromatic N) is 6. The van der Waals surface area contributed by atoms with Crippen LogP contribution in [-0.4, -0.2) is 62.5 Å². The minimum Gasteiger partial charge on any atom is -0.386 e. The number of primary amides is 1. The molecule has 11 heteroatoms. The number of hydrogen-bond donors (Lipinski definition) is 3. The number of amides is 1. The number of aliphatic imine (C=N–C) groups is 2. The van der Waals surface area contributed by atoms with Crippen LogP contribution in [0, 0.1) is 17.3 Å². The summed E-state index contributed by atoms with van der Waals surface area (Å²) in [6, 6.07) is 4.57. The maximum Gasteiger partial charge on any atom is 0.233 e. The van der Waals surface area contributed by atoms with Crippen LogP contribution in [0.5, 0.6) is 0 Å². The number of rotatable bonds is 9. The van der Waals surface area contributed by atoms with E-state index in [9.17, 15) is 9.18 Å². The molecule has 0 spiro atoms. The standard InChI is InChI=1S/C21H28FN9O/c1-30-9-3-16(29-30)14-31-10-5-21(4-7-23,6-11-31)27-13-17(20(25)32)19(24)28-15-2-8-26-18(22)12-15/h2-3,7-9,12-13,17,23H,4-6,10-11,14H2,1H3,(H2,25,32)(H2,24,26,28). The first-order valence-electron chi connectivity index (χ1n) is 10.3. The maximum absolute atomic E-state index is 13.3. The number of aromatic nitrogens is 3. The highest BCUT2D eigenvalue weighted by atomic mass is 19.1. The SMILES string of the molecule is Cn1ccc(CN2CCC(CC=N)(N=CC(C(N)=O)C(N)=Nc3ccnc(F)c3)CC2)n1. The normalized spacial score (nSPS) is 18.0. The van der Waals surface area contributed by atoms with Crippen molar-refractivity contribution in [3.63, 3.8) is 0 Å². The highest BCUT2D eigenvalue weighted by Crippen LogP contribution is 2.30. The summed E-state index contributed by atoms with van der Waals surface area (Å²) in [5.74, 6) is -2.53. The van der Waals surface area contributed by atoms with Crippen LogP contribution in [0.2, 0.25) is 0 Å². The minimum atomic E-state index is -1.04. The van der Waals surface area contributed by atoms with E-state index in [4.69, 9.17) is 16.9 Å². The molecule has 1 unspecified atom stereocenters. The number of pyridine rings is 1. The van der Waals surface area contributed by atoms with Crippen molar-refractivity contribution in [1.82, 2.24) is 19.7 Å². The van der Waals surface area contributed by atoms with Gasteiger partial charge in [-0.15, -0.1) is 0 Å². The predicted molar refractivity (Wildman–Crippen MR) is 121 cm³/mol. The number of amidine groups is 1. The van der Waals surface area contributed by atoms with Gasteiger partial charge in [-0.2, -0.15) is 9.49 Å². The number of aryl methyl sites for hydroxylation is 1. The summed E-state index contributed by atoms with van der Waals surface area (Å²) in [6.45, 7) is 2.31. The second kappa shape index (κ2) is 10.2. The van der Waals surface area contributed by atoms with Crippen LogP contribution in [-0.2, 0) is 18.4 Å². The van der Waals surface area contributed by atoms with Crippen molar-refractivity contribution >= 4 is 29.9 Å². The fourth-order valence-corrected chi connectivity index (χ4v) is 3.69. The minimum absolute atomic E-state index is 0.0792. The number of hydrogen-bond acceptors (Lipinski definition) is 7. The molecule has 170 valence electrons. The van der Waals surface area contributed by atoms with E-state index >= 15 is 0 Å². The molecule has 0 saturated carbocycles. The van der Waals surface area contributed by atoms with Gasteiger partial charge in [-0.3, -0.25) is 19.4 Å². The average Bonchev–Trinajstić information content (AvgIpc) is 3.14. The van der Waals surface area contributed by atoms with E-state index in [1.54, 1.807) is 4.68 Å². The zero-order valence-corrected chi connectivity index (χ0v) is 18.0. The summed E-state index contributed by atoms with van der Waals surface area (Å²) in [5, 5.41) is 12.0. The molecular formula is C21H28FN9O. The largest absolute Gasteiger partial charge is 0.386 e. The predicted octanol–water partition coefficient (Wildman–Crippen LogP) is 1.19. The van der Waals surface area contributed by atoms with Crippen LogP contribution in [0.15, 0.2) is 40.6 Å². The fraction of sp³-hybridized carbons (Fsp3) is 0.429. The summed E-state index contributed by atoms with van der Waals surface area (Å²) < 4.78 is 15.1. The van der Waals surface area contributed by atoms with Crippen LogP contribution in [0.4, 0.5) is 10.1 Å². The molecule has 3 rings (SSSR count). The smallest absolute Gasteiger partial charge is 0.233 e. The third kappa shape index (κ3) is 6.03. The van der Waals surface area contributed by atoms with Crippen molar-refractivity contribution in [2.45, 2.75) is 31.3 Å². The molecule has 1 saturated heterocycles. The third-order valence-corrected chi connectivity index (χ3v) is 5.51. The highest BCUT2D eigenvalue weighted by Gasteiger charge is 2.34. The summed E-state index contributed by atoms with van der Waals surface area (Å²) in [4.78, 5) is 26.5. The Morgan fingerprint density at radius 3 is 2.72 bits per heavy atom. The van der Waals surface area contributed by atoms with Crippen molar-refractivity contribution in [3.8, 4) is 0 Å². The van der Waals surface area contributed by atoms with Crippen molar-refractivity contribution in [3.05, 3.63) is 42.2 Å². The van der Waals surface area contributed by atoms with Gasteiger partial charge < -0.3 is 16.9 Å². The Kier molecular flexibility index (Phi) is 7.41. The highest BCUT2D eigenvalue weighted by molar-refractivity contribution is 6.14. The van der Waals surface area contributed by atoms with Crippen LogP contribution < -0.4 is 11.5 Å². The van der Waals surface area contributed by atoms with Crippen LogP contribution >= 0.6 is 0 Å². The van der Waals surface area contributed by atoms with E-state index in [2.05, 4.69) is 25.0 Å². The molecule has 2 aromatic rings. The van der Waals surface area contributed by atoms with Crippen molar-refractivity contribution < 1.29 is 9.18 Å². The van der Waals surface area contributed by atoms with Gasteiger partial charge in [0, 0.05) is 57.8 Å². The van der Waals surface area contributed by atoms with Gasteiger partial charge in [-0.1, -0.05) is 0 Å².